The first-order chi connectivity index (χ1) is 12.9. The van der Waals surface area contributed by atoms with Crippen LogP contribution in [-0.2, 0) is 4.79 Å². The summed E-state index contributed by atoms with van der Waals surface area (Å²) in [6.45, 7) is 1.87. The van der Waals surface area contributed by atoms with Gasteiger partial charge in [-0.25, -0.2) is 0 Å². The van der Waals surface area contributed by atoms with E-state index >= 15 is 0 Å². The number of amides is 1. The first-order valence-corrected chi connectivity index (χ1v) is 9.14. The van der Waals surface area contributed by atoms with Crippen molar-refractivity contribution in [2.75, 3.05) is 19.6 Å². The normalized spacial score (nSPS) is 15.6. The van der Waals surface area contributed by atoms with Gasteiger partial charge < -0.3 is 5.32 Å². The standard InChI is InChI=1S/C21H23F3N2O/c22-21(23,24)20(27)25-13-7-8-16-14-26(15-16)19(17-9-3-1-4-10-17)18-11-5-2-6-12-18/h1-6,9-12,16,19H,7-8,13-15H2,(H,25,27). The van der Waals surface area contributed by atoms with Gasteiger partial charge in [-0.05, 0) is 29.9 Å². The molecule has 2 aromatic carbocycles. The predicted octanol–water partition coefficient (Wildman–Crippen LogP) is 4.17. The Labute approximate surface area is 157 Å². The molecule has 1 N–H and O–H groups in total. The molecule has 0 saturated carbocycles. The molecule has 3 nitrogen and oxygen atoms in total. The number of hydrogen-bond donors (Lipinski definition) is 1. The van der Waals surface area contributed by atoms with Crippen LogP contribution in [0.15, 0.2) is 60.7 Å². The van der Waals surface area contributed by atoms with E-state index in [0.717, 1.165) is 19.5 Å². The van der Waals surface area contributed by atoms with Gasteiger partial charge in [-0.2, -0.15) is 13.2 Å². The van der Waals surface area contributed by atoms with Crippen molar-refractivity contribution in [2.24, 2.45) is 5.92 Å². The molecule has 3 rings (SSSR count). The van der Waals surface area contributed by atoms with Gasteiger partial charge in [-0.3, -0.25) is 9.69 Å². The van der Waals surface area contributed by atoms with Crippen LogP contribution in [0.1, 0.15) is 30.0 Å². The summed E-state index contributed by atoms with van der Waals surface area (Å²) in [5.41, 5.74) is 2.47. The minimum atomic E-state index is -4.80. The molecular formula is C21H23F3N2O. The van der Waals surface area contributed by atoms with E-state index in [1.807, 2.05) is 41.7 Å². The van der Waals surface area contributed by atoms with Crippen molar-refractivity contribution >= 4 is 5.91 Å². The highest BCUT2D eigenvalue weighted by Gasteiger charge is 2.38. The molecule has 1 saturated heterocycles. The smallest absolute Gasteiger partial charge is 0.348 e. The average Bonchev–Trinajstić information content (AvgIpc) is 2.63. The zero-order chi connectivity index (χ0) is 19.3. The molecule has 6 heteroatoms. The Morgan fingerprint density at radius 3 is 2.00 bits per heavy atom. The number of nitrogens with one attached hydrogen (secondary N) is 1. The van der Waals surface area contributed by atoms with E-state index < -0.39 is 12.1 Å². The van der Waals surface area contributed by atoms with E-state index in [-0.39, 0.29) is 12.6 Å². The molecule has 0 atom stereocenters. The molecule has 0 unspecified atom stereocenters. The van der Waals surface area contributed by atoms with Crippen molar-refractivity contribution in [2.45, 2.75) is 25.1 Å². The van der Waals surface area contributed by atoms with Gasteiger partial charge in [-0.1, -0.05) is 60.7 Å². The molecule has 0 aliphatic carbocycles. The van der Waals surface area contributed by atoms with E-state index in [9.17, 15) is 18.0 Å². The lowest BCUT2D eigenvalue weighted by atomic mass is 9.88. The van der Waals surface area contributed by atoms with Crippen LogP contribution in [-0.4, -0.2) is 36.6 Å². The van der Waals surface area contributed by atoms with Crippen LogP contribution >= 0.6 is 0 Å². The lowest BCUT2D eigenvalue weighted by Crippen LogP contribution is -2.49. The highest BCUT2D eigenvalue weighted by molar-refractivity contribution is 5.81. The molecular weight excluding hydrogens is 353 g/mol. The van der Waals surface area contributed by atoms with Crippen LogP contribution in [0.2, 0.25) is 0 Å². The van der Waals surface area contributed by atoms with Gasteiger partial charge in [0.2, 0.25) is 0 Å². The SMILES string of the molecule is O=C(NCCCC1CN(C(c2ccccc2)c2ccccc2)C1)C(F)(F)F. The Kier molecular flexibility index (Phi) is 6.16. The number of nitrogens with zero attached hydrogens (tertiary/aromatic N) is 1. The summed E-state index contributed by atoms with van der Waals surface area (Å²) >= 11 is 0. The number of halogens is 3. The molecule has 1 aliphatic heterocycles. The highest BCUT2D eigenvalue weighted by Crippen LogP contribution is 2.35. The van der Waals surface area contributed by atoms with Gasteiger partial charge in [0.25, 0.3) is 0 Å². The third kappa shape index (κ3) is 5.10. The maximum Gasteiger partial charge on any atom is 0.471 e. The summed E-state index contributed by atoms with van der Waals surface area (Å²) in [4.78, 5) is 13.2. The quantitative estimate of drug-likeness (QED) is 0.736. The molecule has 1 fully saturated rings. The number of benzene rings is 2. The average molecular weight is 376 g/mol. The van der Waals surface area contributed by atoms with E-state index in [1.165, 1.54) is 11.1 Å². The van der Waals surface area contributed by atoms with Crippen LogP contribution in [0.4, 0.5) is 13.2 Å². The minimum Gasteiger partial charge on any atom is -0.348 e. The molecule has 0 aromatic heterocycles. The van der Waals surface area contributed by atoms with Crippen molar-refractivity contribution in [3.63, 3.8) is 0 Å². The fourth-order valence-corrected chi connectivity index (χ4v) is 3.58. The zero-order valence-electron chi connectivity index (χ0n) is 15.0. The van der Waals surface area contributed by atoms with Crippen molar-refractivity contribution < 1.29 is 18.0 Å². The number of carbonyl (C=O) groups is 1. The van der Waals surface area contributed by atoms with E-state index in [1.54, 1.807) is 0 Å². The topological polar surface area (TPSA) is 32.3 Å². The molecule has 2 aromatic rings. The third-order valence-corrected chi connectivity index (χ3v) is 4.91. The summed E-state index contributed by atoms with van der Waals surface area (Å²) in [7, 11) is 0. The first kappa shape index (κ1) is 19.4. The van der Waals surface area contributed by atoms with Crippen LogP contribution in [0.3, 0.4) is 0 Å². The predicted molar refractivity (Wildman–Crippen MR) is 98.1 cm³/mol. The summed E-state index contributed by atoms with van der Waals surface area (Å²) in [5, 5.41) is 1.93. The fourth-order valence-electron chi connectivity index (χ4n) is 3.58. The lowest BCUT2D eigenvalue weighted by molar-refractivity contribution is -0.173. The third-order valence-electron chi connectivity index (χ3n) is 4.91. The minimum absolute atomic E-state index is 0.0651. The van der Waals surface area contributed by atoms with Gasteiger partial charge in [0, 0.05) is 19.6 Å². The molecule has 0 spiro atoms. The zero-order valence-corrected chi connectivity index (χ0v) is 15.0. The van der Waals surface area contributed by atoms with Crippen molar-refractivity contribution in [3.05, 3.63) is 71.8 Å². The first-order valence-electron chi connectivity index (χ1n) is 9.14. The Bertz CT molecular complexity index is 689. The molecule has 0 bridgehead atoms. The molecule has 1 heterocycles. The molecule has 144 valence electrons. The van der Waals surface area contributed by atoms with Gasteiger partial charge in [-0.15, -0.1) is 0 Å². The number of rotatable bonds is 7. The largest absolute Gasteiger partial charge is 0.471 e. The van der Waals surface area contributed by atoms with Crippen molar-refractivity contribution in [1.82, 2.24) is 10.2 Å². The highest BCUT2D eigenvalue weighted by atomic mass is 19.4. The Balaban J connectivity index is 1.51. The van der Waals surface area contributed by atoms with Gasteiger partial charge >= 0.3 is 12.1 Å². The second kappa shape index (κ2) is 8.57. The molecule has 27 heavy (non-hydrogen) atoms. The number of likely N-dealkylation sites (tertiary alicyclic amines) is 1. The fraction of sp³-hybridized carbons (Fsp3) is 0.381. The van der Waals surface area contributed by atoms with Crippen LogP contribution in [0, 0.1) is 5.92 Å². The Morgan fingerprint density at radius 1 is 1.00 bits per heavy atom. The summed E-state index contributed by atoms with van der Waals surface area (Å²) < 4.78 is 36.5. The van der Waals surface area contributed by atoms with E-state index in [2.05, 4.69) is 29.2 Å². The van der Waals surface area contributed by atoms with Crippen LogP contribution < -0.4 is 5.32 Å². The van der Waals surface area contributed by atoms with Crippen molar-refractivity contribution in [1.29, 1.82) is 0 Å². The van der Waals surface area contributed by atoms with Crippen LogP contribution in [0.25, 0.3) is 0 Å². The summed E-state index contributed by atoms with van der Waals surface area (Å²) in [6.07, 6.45) is -3.43. The summed E-state index contributed by atoms with van der Waals surface area (Å²) in [6, 6.07) is 20.8. The summed E-state index contributed by atoms with van der Waals surface area (Å²) in [5.74, 6) is -1.41. The van der Waals surface area contributed by atoms with Gasteiger partial charge in [0.05, 0.1) is 6.04 Å². The molecule has 1 aliphatic rings. The van der Waals surface area contributed by atoms with E-state index in [4.69, 9.17) is 0 Å². The van der Waals surface area contributed by atoms with Crippen molar-refractivity contribution in [3.8, 4) is 0 Å². The van der Waals surface area contributed by atoms with E-state index in [0.29, 0.717) is 12.3 Å². The second-order valence-electron chi connectivity index (χ2n) is 6.94. The van der Waals surface area contributed by atoms with Crippen LogP contribution in [0.5, 0.6) is 0 Å². The Hall–Kier alpha value is -2.34. The second-order valence-corrected chi connectivity index (χ2v) is 6.94. The number of carbonyl (C=O) groups excluding carboxylic acids is 1. The van der Waals surface area contributed by atoms with Gasteiger partial charge in [0.15, 0.2) is 0 Å². The lowest BCUT2D eigenvalue weighted by Gasteiger charge is -2.45. The Morgan fingerprint density at radius 2 is 1.52 bits per heavy atom. The number of hydrogen-bond acceptors (Lipinski definition) is 2. The molecule has 0 radical (unpaired) electrons. The van der Waals surface area contributed by atoms with Gasteiger partial charge in [0.1, 0.15) is 0 Å². The molecule has 1 amide bonds. The maximum absolute atomic E-state index is 12.2. The number of alkyl halides is 3. The monoisotopic (exact) mass is 376 g/mol. The maximum atomic E-state index is 12.2.